The number of rotatable bonds is 1. The molecule has 1 aromatic carbocycles. The molecular weight excluding hydrogens is 293 g/mol. The van der Waals surface area contributed by atoms with Crippen molar-refractivity contribution < 1.29 is 9.13 Å². The van der Waals surface area contributed by atoms with Crippen LogP contribution in [0.2, 0.25) is 5.02 Å². The first kappa shape index (κ1) is 10.1. The number of halogens is 3. The Kier molecular flexibility index (Phi) is 2.64. The molecule has 0 spiro atoms. The minimum atomic E-state index is -0.570. The monoisotopic (exact) mass is 295 g/mol. The van der Waals surface area contributed by atoms with Gasteiger partial charge in [-0.15, -0.1) is 11.3 Å². The van der Waals surface area contributed by atoms with Gasteiger partial charge in [-0.25, -0.2) is 9.37 Å². The molecule has 0 saturated carbocycles. The zero-order chi connectivity index (χ0) is 10.3. The van der Waals surface area contributed by atoms with Crippen molar-refractivity contribution >= 4 is 49.1 Å². The van der Waals surface area contributed by atoms with Gasteiger partial charge in [0.25, 0.3) is 0 Å². The van der Waals surface area contributed by atoms with Crippen molar-refractivity contribution in [3.8, 4) is 5.75 Å². The molecule has 2 rings (SSSR count). The number of benzene rings is 1. The predicted octanol–water partition coefficient (Wildman–Crippen LogP) is 3.86. The Morgan fingerprint density at radius 3 is 3.00 bits per heavy atom. The lowest BCUT2D eigenvalue weighted by Gasteiger charge is -2.02. The van der Waals surface area contributed by atoms with Crippen LogP contribution in [0.3, 0.4) is 0 Å². The molecule has 0 N–H and O–H groups in total. The summed E-state index contributed by atoms with van der Waals surface area (Å²) in [6, 6.07) is 1.58. The minimum absolute atomic E-state index is 0.00120. The third-order valence-corrected chi connectivity index (χ3v) is 3.53. The van der Waals surface area contributed by atoms with Gasteiger partial charge in [-0.3, -0.25) is 0 Å². The molecule has 14 heavy (non-hydrogen) atoms. The predicted molar refractivity (Wildman–Crippen MR) is 58.8 cm³/mol. The Balaban J connectivity index is 2.84. The maximum atomic E-state index is 13.4. The molecule has 0 unspecified atom stereocenters. The molecule has 1 aromatic heterocycles. The quantitative estimate of drug-likeness (QED) is 0.797. The molecule has 2 nitrogen and oxygen atoms in total. The lowest BCUT2D eigenvalue weighted by atomic mass is 10.3. The van der Waals surface area contributed by atoms with Crippen molar-refractivity contribution in [3.63, 3.8) is 0 Å². The third-order valence-electron chi connectivity index (χ3n) is 1.73. The van der Waals surface area contributed by atoms with Crippen LogP contribution < -0.4 is 4.74 Å². The molecule has 0 fully saturated rings. The molecule has 0 aliphatic rings. The number of methoxy groups -OCH3 is 1. The van der Waals surface area contributed by atoms with Gasteiger partial charge in [0.05, 0.1) is 11.8 Å². The second-order valence-electron chi connectivity index (χ2n) is 2.52. The lowest BCUT2D eigenvalue weighted by Crippen LogP contribution is -1.89. The normalized spacial score (nSPS) is 10.9. The molecule has 0 aliphatic carbocycles. The summed E-state index contributed by atoms with van der Waals surface area (Å²) in [5.74, 6) is -0.432. The highest BCUT2D eigenvalue weighted by atomic mass is 79.9. The summed E-state index contributed by atoms with van der Waals surface area (Å²) < 4.78 is 19.7. The third kappa shape index (κ3) is 1.49. The second-order valence-corrected chi connectivity index (χ2v) is 5.21. The van der Waals surface area contributed by atoms with Crippen molar-refractivity contribution in [2.24, 2.45) is 0 Å². The topological polar surface area (TPSA) is 22.1 Å². The van der Waals surface area contributed by atoms with Crippen molar-refractivity contribution in [2.75, 3.05) is 7.11 Å². The van der Waals surface area contributed by atoms with Crippen molar-refractivity contribution in [1.29, 1.82) is 0 Å². The maximum absolute atomic E-state index is 13.4. The molecule has 0 radical (unpaired) electrons. The molecule has 74 valence electrons. The largest absolute Gasteiger partial charge is 0.494 e. The summed E-state index contributed by atoms with van der Waals surface area (Å²) in [7, 11) is 1.40. The van der Waals surface area contributed by atoms with Crippen molar-refractivity contribution in [3.05, 3.63) is 20.8 Å². The summed E-state index contributed by atoms with van der Waals surface area (Å²) in [4.78, 5) is 4.06. The molecule has 0 atom stereocenters. The number of hydrogen-bond donors (Lipinski definition) is 0. The Bertz CT molecular complexity index is 502. The first-order chi connectivity index (χ1) is 6.63. The van der Waals surface area contributed by atoms with E-state index < -0.39 is 5.82 Å². The number of thiazole rings is 1. The minimum Gasteiger partial charge on any atom is -0.494 e. The highest BCUT2D eigenvalue weighted by Crippen LogP contribution is 2.37. The van der Waals surface area contributed by atoms with Crippen molar-refractivity contribution in [1.82, 2.24) is 4.98 Å². The van der Waals surface area contributed by atoms with E-state index in [2.05, 4.69) is 20.9 Å². The van der Waals surface area contributed by atoms with E-state index in [9.17, 15) is 4.39 Å². The zero-order valence-corrected chi connectivity index (χ0v) is 10.1. The van der Waals surface area contributed by atoms with Gasteiger partial charge in [0.1, 0.15) is 10.5 Å². The summed E-state index contributed by atoms with van der Waals surface area (Å²) in [6.07, 6.45) is 0. The molecule has 0 bridgehead atoms. The molecular formula is C8H4BrClFNOS. The van der Waals surface area contributed by atoms with E-state index in [-0.39, 0.29) is 10.8 Å². The lowest BCUT2D eigenvalue weighted by molar-refractivity contribution is 0.387. The van der Waals surface area contributed by atoms with E-state index in [0.717, 1.165) is 4.70 Å². The van der Waals surface area contributed by atoms with E-state index >= 15 is 0 Å². The average Bonchev–Trinajstić information content (AvgIpc) is 2.52. The van der Waals surface area contributed by atoms with Gasteiger partial charge in [0, 0.05) is 6.07 Å². The summed E-state index contributed by atoms with van der Waals surface area (Å²) in [6.45, 7) is 0. The van der Waals surface area contributed by atoms with Gasteiger partial charge in [-0.05, 0) is 15.9 Å². The van der Waals surface area contributed by atoms with Gasteiger partial charge in [0.15, 0.2) is 15.5 Å². The zero-order valence-electron chi connectivity index (χ0n) is 6.97. The van der Waals surface area contributed by atoms with Gasteiger partial charge in [-0.1, -0.05) is 11.6 Å². The Morgan fingerprint density at radius 1 is 1.64 bits per heavy atom. The van der Waals surface area contributed by atoms with Crippen LogP contribution in [0.4, 0.5) is 4.39 Å². The van der Waals surface area contributed by atoms with Crippen LogP contribution in [-0.4, -0.2) is 12.1 Å². The van der Waals surface area contributed by atoms with Gasteiger partial charge in [0.2, 0.25) is 0 Å². The SMILES string of the molecule is COc1cc2sc(Br)nc2c(Cl)c1F. The second kappa shape index (κ2) is 3.64. The van der Waals surface area contributed by atoms with Gasteiger partial charge in [-0.2, -0.15) is 0 Å². The molecule has 0 saturated heterocycles. The number of hydrogen-bond acceptors (Lipinski definition) is 3. The van der Waals surface area contributed by atoms with E-state index in [1.54, 1.807) is 6.07 Å². The Labute approximate surface area is 96.8 Å². The van der Waals surface area contributed by atoms with Crippen LogP contribution in [0, 0.1) is 5.82 Å². The summed E-state index contributed by atoms with van der Waals surface area (Å²) in [5, 5.41) is 0.00120. The van der Waals surface area contributed by atoms with Crippen LogP contribution in [0.5, 0.6) is 5.75 Å². The molecule has 0 amide bonds. The Hall–Kier alpha value is -0.390. The summed E-state index contributed by atoms with van der Waals surface area (Å²) >= 11 is 10.4. The standard InChI is InChI=1S/C8H4BrClFNOS/c1-13-3-2-4-7(5(10)6(3)11)12-8(9)14-4/h2H,1H3. The smallest absolute Gasteiger partial charge is 0.185 e. The van der Waals surface area contributed by atoms with Crippen LogP contribution >= 0.6 is 38.9 Å². The average molecular weight is 297 g/mol. The molecule has 2 aromatic rings. The maximum Gasteiger partial charge on any atom is 0.185 e. The van der Waals surface area contributed by atoms with Crippen LogP contribution in [0.25, 0.3) is 10.2 Å². The van der Waals surface area contributed by atoms with Crippen LogP contribution in [0.15, 0.2) is 9.98 Å². The van der Waals surface area contributed by atoms with E-state index in [1.807, 2.05) is 0 Å². The fraction of sp³-hybridized carbons (Fsp3) is 0.125. The molecule has 1 heterocycles. The van der Waals surface area contributed by atoms with Gasteiger partial charge >= 0.3 is 0 Å². The fourth-order valence-electron chi connectivity index (χ4n) is 1.10. The highest BCUT2D eigenvalue weighted by Gasteiger charge is 2.15. The van der Waals surface area contributed by atoms with E-state index in [0.29, 0.717) is 9.43 Å². The van der Waals surface area contributed by atoms with Crippen LogP contribution in [0.1, 0.15) is 0 Å². The van der Waals surface area contributed by atoms with E-state index in [4.69, 9.17) is 16.3 Å². The number of ether oxygens (including phenoxy) is 1. The first-order valence-electron chi connectivity index (χ1n) is 3.61. The number of nitrogens with zero attached hydrogens (tertiary/aromatic N) is 1. The molecule has 0 aliphatic heterocycles. The summed E-state index contributed by atoms with van der Waals surface area (Å²) in [5.41, 5.74) is 0.460. The van der Waals surface area contributed by atoms with E-state index in [1.165, 1.54) is 18.4 Å². The first-order valence-corrected chi connectivity index (χ1v) is 5.60. The Morgan fingerprint density at radius 2 is 2.36 bits per heavy atom. The van der Waals surface area contributed by atoms with Gasteiger partial charge < -0.3 is 4.74 Å². The van der Waals surface area contributed by atoms with Crippen molar-refractivity contribution in [2.45, 2.75) is 0 Å². The number of aromatic nitrogens is 1. The molecule has 6 heteroatoms. The van der Waals surface area contributed by atoms with Crippen LogP contribution in [-0.2, 0) is 0 Å². The highest BCUT2D eigenvalue weighted by molar-refractivity contribution is 9.11. The number of fused-ring (bicyclic) bond motifs is 1. The fourth-order valence-corrected chi connectivity index (χ4v) is 2.83.